The van der Waals surface area contributed by atoms with Gasteiger partial charge >= 0.3 is 5.97 Å². The first kappa shape index (κ1) is 28.5. The van der Waals surface area contributed by atoms with E-state index in [9.17, 15) is 14.4 Å². The highest BCUT2D eigenvalue weighted by Gasteiger charge is 2.28. The standard InChI is InChI=1S/C32H35N3O6/c1-21-15-29-30(16-22(21)2)41-20-31(37)35(29)18-27(36)17-33-28(19-34-11-13-40-14-12-34)25-7-3-23(4-8-25)24-5-9-26(10-6-24)32(38)39/h3-10,15-16,28,33H,11-14,17-20H2,1-2H3,(H,38,39). The summed E-state index contributed by atoms with van der Waals surface area (Å²) >= 11 is 0. The van der Waals surface area contributed by atoms with Crippen molar-refractivity contribution in [3.63, 3.8) is 0 Å². The van der Waals surface area contributed by atoms with Gasteiger partial charge in [0.1, 0.15) is 5.75 Å². The van der Waals surface area contributed by atoms with Gasteiger partial charge in [0.05, 0.1) is 37.6 Å². The van der Waals surface area contributed by atoms with Crippen molar-refractivity contribution in [2.45, 2.75) is 19.9 Å². The number of hydrogen-bond acceptors (Lipinski definition) is 7. The number of hydrogen-bond donors (Lipinski definition) is 2. The van der Waals surface area contributed by atoms with Crippen LogP contribution in [0.4, 0.5) is 5.69 Å². The van der Waals surface area contributed by atoms with E-state index in [1.54, 1.807) is 24.3 Å². The van der Waals surface area contributed by atoms with Crippen LogP contribution in [0.25, 0.3) is 11.1 Å². The van der Waals surface area contributed by atoms with Crippen molar-refractivity contribution < 1.29 is 29.0 Å². The minimum Gasteiger partial charge on any atom is -0.482 e. The van der Waals surface area contributed by atoms with Crippen LogP contribution < -0.4 is 15.0 Å². The molecule has 1 saturated heterocycles. The van der Waals surface area contributed by atoms with Crippen molar-refractivity contribution >= 4 is 23.3 Å². The summed E-state index contributed by atoms with van der Waals surface area (Å²) in [6, 6.07) is 18.6. The van der Waals surface area contributed by atoms with E-state index in [-0.39, 0.29) is 43.0 Å². The lowest BCUT2D eigenvalue weighted by Gasteiger charge is -2.32. The topological polar surface area (TPSA) is 108 Å². The van der Waals surface area contributed by atoms with E-state index < -0.39 is 5.97 Å². The van der Waals surface area contributed by atoms with Crippen molar-refractivity contribution in [2.24, 2.45) is 0 Å². The molecule has 1 atom stereocenters. The lowest BCUT2D eigenvalue weighted by molar-refractivity contribution is -0.124. The highest BCUT2D eigenvalue weighted by atomic mass is 16.5. The van der Waals surface area contributed by atoms with Crippen LogP contribution in [0.15, 0.2) is 60.7 Å². The lowest BCUT2D eigenvalue weighted by Crippen LogP contribution is -2.46. The molecule has 0 radical (unpaired) electrons. The summed E-state index contributed by atoms with van der Waals surface area (Å²) in [7, 11) is 0. The second kappa shape index (κ2) is 12.6. The third kappa shape index (κ3) is 6.82. The summed E-state index contributed by atoms with van der Waals surface area (Å²) in [6.45, 7) is 7.66. The molecular formula is C32H35N3O6. The molecule has 2 heterocycles. The van der Waals surface area contributed by atoms with Gasteiger partial charge in [-0.3, -0.25) is 19.4 Å². The van der Waals surface area contributed by atoms with Gasteiger partial charge in [0.25, 0.3) is 5.91 Å². The molecule has 0 aromatic heterocycles. The quantitative estimate of drug-likeness (QED) is 0.389. The monoisotopic (exact) mass is 557 g/mol. The van der Waals surface area contributed by atoms with Gasteiger partial charge < -0.3 is 19.9 Å². The van der Waals surface area contributed by atoms with Crippen LogP contribution in [0.5, 0.6) is 5.75 Å². The summed E-state index contributed by atoms with van der Waals surface area (Å²) in [6.07, 6.45) is 0. The summed E-state index contributed by atoms with van der Waals surface area (Å²) in [5, 5.41) is 12.6. The minimum absolute atomic E-state index is 0.0275. The number of aromatic carboxylic acids is 1. The lowest BCUT2D eigenvalue weighted by atomic mass is 9.99. The number of morpholine rings is 1. The summed E-state index contributed by atoms with van der Waals surface area (Å²) < 4.78 is 11.1. The van der Waals surface area contributed by atoms with Crippen molar-refractivity contribution in [2.75, 3.05) is 57.4 Å². The van der Waals surface area contributed by atoms with Crippen LogP contribution in [0.3, 0.4) is 0 Å². The third-order valence-electron chi connectivity index (χ3n) is 7.72. The Bertz CT molecular complexity index is 1410. The number of nitrogens with one attached hydrogen (secondary N) is 1. The first-order chi connectivity index (χ1) is 19.8. The van der Waals surface area contributed by atoms with Gasteiger partial charge in [0.2, 0.25) is 0 Å². The van der Waals surface area contributed by atoms with Crippen molar-refractivity contribution in [1.29, 1.82) is 0 Å². The summed E-state index contributed by atoms with van der Waals surface area (Å²) in [4.78, 5) is 40.9. The van der Waals surface area contributed by atoms with Crippen molar-refractivity contribution in [1.82, 2.24) is 10.2 Å². The predicted molar refractivity (Wildman–Crippen MR) is 156 cm³/mol. The molecule has 214 valence electrons. The van der Waals surface area contributed by atoms with Gasteiger partial charge in [-0.05, 0) is 65.9 Å². The molecule has 3 aromatic carbocycles. The van der Waals surface area contributed by atoms with E-state index in [2.05, 4.69) is 10.2 Å². The Balaban J connectivity index is 1.29. The molecule has 41 heavy (non-hydrogen) atoms. The highest BCUT2D eigenvalue weighted by molar-refractivity contribution is 6.03. The number of fused-ring (bicyclic) bond motifs is 1. The maximum absolute atomic E-state index is 13.2. The smallest absolute Gasteiger partial charge is 0.335 e. The average molecular weight is 558 g/mol. The molecule has 1 amide bonds. The number of rotatable bonds is 10. The van der Waals surface area contributed by atoms with Crippen LogP contribution in [0, 0.1) is 13.8 Å². The van der Waals surface area contributed by atoms with Crippen molar-refractivity contribution in [3.05, 3.63) is 82.9 Å². The Morgan fingerprint density at radius 3 is 2.24 bits per heavy atom. The van der Waals surface area contributed by atoms with Crippen LogP contribution in [0.1, 0.15) is 33.1 Å². The fraction of sp³-hybridized carbons (Fsp3) is 0.344. The Morgan fingerprint density at radius 2 is 1.59 bits per heavy atom. The summed E-state index contributed by atoms with van der Waals surface area (Å²) in [5.74, 6) is -0.653. The largest absolute Gasteiger partial charge is 0.482 e. The van der Waals surface area contributed by atoms with E-state index in [4.69, 9.17) is 14.6 Å². The van der Waals surface area contributed by atoms with E-state index in [1.807, 2.05) is 50.2 Å². The number of carboxylic acid groups (broad SMARTS) is 1. The molecule has 5 rings (SSSR count). The summed E-state index contributed by atoms with van der Waals surface area (Å²) in [5.41, 5.74) is 5.92. The molecule has 1 unspecified atom stereocenters. The maximum Gasteiger partial charge on any atom is 0.335 e. The van der Waals surface area contributed by atoms with Crippen LogP contribution in [-0.4, -0.2) is 80.2 Å². The minimum atomic E-state index is -0.953. The van der Waals surface area contributed by atoms with E-state index in [0.29, 0.717) is 31.2 Å². The van der Waals surface area contributed by atoms with Gasteiger partial charge in [-0.25, -0.2) is 4.79 Å². The van der Waals surface area contributed by atoms with E-state index in [1.165, 1.54) is 4.90 Å². The Morgan fingerprint density at radius 1 is 0.951 bits per heavy atom. The fourth-order valence-electron chi connectivity index (χ4n) is 5.14. The number of carbonyl (C=O) groups is 3. The second-order valence-corrected chi connectivity index (χ2v) is 10.6. The van der Waals surface area contributed by atoms with Gasteiger partial charge in [0.15, 0.2) is 12.4 Å². The first-order valence-electron chi connectivity index (χ1n) is 13.8. The number of aryl methyl sites for hydroxylation is 2. The Kier molecular flexibility index (Phi) is 8.78. The highest BCUT2D eigenvalue weighted by Crippen LogP contribution is 2.34. The molecule has 2 N–H and O–H groups in total. The van der Waals surface area contributed by atoms with E-state index >= 15 is 0 Å². The first-order valence-corrected chi connectivity index (χ1v) is 13.8. The van der Waals surface area contributed by atoms with Crippen LogP contribution in [-0.2, 0) is 14.3 Å². The van der Waals surface area contributed by atoms with E-state index in [0.717, 1.165) is 40.9 Å². The van der Waals surface area contributed by atoms with Crippen molar-refractivity contribution in [3.8, 4) is 16.9 Å². The van der Waals surface area contributed by atoms with Gasteiger partial charge in [-0.2, -0.15) is 0 Å². The predicted octanol–water partition coefficient (Wildman–Crippen LogP) is 3.63. The van der Waals surface area contributed by atoms with Crippen LogP contribution >= 0.6 is 0 Å². The number of Topliss-reactive ketones (excluding diaryl/α,β-unsaturated/α-hetero) is 1. The number of carboxylic acids is 1. The normalized spacial score (nSPS) is 16.1. The molecular weight excluding hydrogens is 522 g/mol. The van der Waals surface area contributed by atoms with Gasteiger partial charge in [0, 0.05) is 25.7 Å². The molecule has 9 nitrogen and oxygen atoms in total. The molecule has 0 aliphatic carbocycles. The zero-order valence-corrected chi connectivity index (χ0v) is 23.4. The number of amides is 1. The SMILES string of the molecule is Cc1cc2c(cc1C)N(CC(=O)CNC(CN1CCOCC1)c1ccc(-c3ccc(C(=O)O)cc3)cc1)C(=O)CO2. The molecule has 2 aliphatic rings. The molecule has 0 bridgehead atoms. The number of benzene rings is 3. The molecule has 3 aromatic rings. The Labute approximate surface area is 239 Å². The number of nitrogens with zero attached hydrogens (tertiary/aromatic N) is 2. The number of ketones is 1. The zero-order valence-electron chi connectivity index (χ0n) is 23.4. The molecule has 2 aliphatic heterocycles. The maximum atomic E-state index is 13.2. The average Bonchev–Trinajstić information content (AvgIpc) is 2.98. The Hall–Kier alpha value is -4.05. The zero-order chi connectivity index (χ0) is 28.9. The molecule has 9 heteroatoms. The molecule has 0 spiro atoms. The molecule has 1 fully saturated rings. The number of carbonyl (C=O) groups excluding carboxylic acids is 2. The number of anilines is 1. The molecule has 0 saturated carbocycles. The second-order valence-electron chi connectivity index (χ2n) is 10.6. The fourth-order valence-corrected chi connectivity index (χ4v) is 5.14. The van der Waals surface area contributed by atoms with Gasteiger partial charge in [-0.1, -0.05) is 36.4 Å². The third-order valence-corrected chi connectivity index (χ3v) is 7.72. The number of ether oxygens (including phenoxy) is 2. The van der Waals surface area contributed by atoms with Gasteiger partial charge in [-0.15, -0.1) is 0 Å². The van der Waals surface area contributed by atoms with Crippen LogP contribution in [0.2, 0.25) is 0 Å².